The molecule has 26 heavy (non-hydrogen) atoms. The molecule has 1 aliphatic heterocycles. The number of ether oxygens (including phenoxy) is 2. The Hall–Kier alpha value is -2.89. The maximum absolute atomic E-state index is 12.9. The van der Waals surface area contributed by atoms with Crippen LogP contribution in [0.5, 0.6) is 0 Å². The first kappa shape index (κ1) is 17.9. The Bertz CT molecular complexity index is 855. The molecule has 0 saturated carbocycles. The Labute approximate surface area is 152 Å². The average molecular weight is 354 g/mol. The fourth-order valence-corrected chi connectivity index (χ4v) is 2.95. The van der Waals surface area contributed by atoms with E-state index >= 15 is 0 Å². The Balaban J connectivity index is 2.12. The van der Waals surface area contributed by atoms with E-state index in [1.54, 1.807) is 24.4 Å². The van der Waals surface area contributed by atoms with Gasteiger partial charge < -0.3 is 9.47 Å². The van der Waals surface area contributed by atoms with Gasteiger partial charge in [-0.1, -0.05) is 6.07 Å². The average Bonchev–Trinajstić information content (AvgIpc) is 2.75. The molecule has 2 aromatic rings. The Morgan fingerprint density at radius 3 is 2.54 bits per heavy atom. The minimum absolute atomic E-state index is 0.406. The smallest absolute Gasteiger partial charge is 0.420 e. The van der Waals surface area contributed by atoms with Gasteiger partial charge in [-0.25, -0.2) is 19.5 Å². The molecule has 1 amide bonds. The van der Waals surface area contributed by atoms with Gasteiger partial charge in [-0.2, -0.15) is 0 Å². The summed E-state index contributed by atoms with van der Waals surface area (Å²) in [6, 6.07) is 8.96. The molecule has 0 atom stereocenters. The van der Waals surface area contributed by atoms with Crippen molar-refractivity contribution in [2.24, 2.45) is 0 Å². The topological polar surface area (TPSA) is 68.7 Å². The van der Waals surface area contributed by atoms with Crippen LogP contribution in [0.1, 0.15) is 42.3 Å². The highest BCUT2D eigenvalue weighted by molar-refractivity contribution is 5.98. The molecule has 0 saturated heterocycles. The molecule has 0 aliphatic carbocycles. The SMILES string of the molecule is COC(=O)c1ccc2c(c1)CCc1cccnc1N2C(=O)OC(C)(C)C. The van der Waals surface area contributed by atoms with Crippen LogP contribution in [0.25, 0.3) is 0 Å². The van der Waals surface area contributed by atoms with E-state index in [4.69, 9.17) is 9.47 Å². The molecule has 0 N–H and O–H groups in total. The van der Waals surface area contributed by atoms with Gasteiger partial charge in [0.2, 0.25) is 0 Å². The zero-order valence-electron chi connectivity index (χ0n) is 15.4. The fourth-order valence-electron chi connectivity index (χ4n) is 2.95. The number of rotatable bonds is 1. The lowest BCUT2D eigenvalue weighted by Gasteiger charge is -2.28. The number of nitrogens with zero attached hydrogens (tertiary/aromatic N) is 2. The van der Waals surface area contributed by atoms with Crippen molar-refractivity contribution >= 4 is 23.6 Å². The summed E-state index contributed by atoms with van der Waals surface area (Å²) in [5.41, 5.74) is 2.31. The standard InChI is InChI=1S/C20H22N2O4/c1-20(2,3)26-19(24)22-16-10-9-15(18(23)25-4)12-14(16)8-7-13-6-5-11-21-17(13)22/h5-6,9-12H,7-8H2,1-4H3. The third kappa shape index (κ3) is 3.54. The number of methoxy groups -OCH3 is 1. The number of esters is 1. The van der Waals surface area contributed by atoms with Gasteiger partial charge >= 0.3 is 12.1 Å². The summed E-state index contributed by atoms with van der Waals surface area (Å²) in [6.07, 6.45) is 2.55. The number of amides is 1. The number of aryl methyl sites for hydroxylation is 2. The lowest BCUT2D eigenvalue weighted by atomic mass is 10.0. The maximum atomic E-state index is 12.9. The summed E-state index contributed by atoms with van der Waals surface area (Å²) < 4.78 is 10.4. The molecule has 6 nitrogen and oxygen atoms in total. The van der Waals surface area contributed by atoms with Crippen molar-refractivity contribution in [2.45, 2.75) is 39.2 Å². The van der Waals surface area contributed by atoms with Crippen LogP contribution in [0.4, 0.5) is 16.3 Å². The molecule has 0 radical (unpaired) electrons. The number of carbonyl (C=O) groups is 2. The molecule has 0 spiro atoms. The molecule has 1 aromatic carbocycles. The number of hydrogen-bond acceptors (Lipinski definition) is 5. The number of benzene rings is 1. The molecular weight excluding hydrogens is 332 g/mol. The van der Waals surface area contributed by atoms with E-state index in [0.717, 1.165) is 11.1 Å². The van der Waals surface area contributed by atoms with Crippen LogP contribution < -0.4 is 4.90 Å². The third-order valence-electron chi connectivity index (χ3n) is 4.06. The van der Waals surface area contributed by atoms with E-state index in [0.29, 0.717) is 29.9 Å². The van der Waals surface area contributed by atoms with Crippen LogP contribution >= 0.6 is 0 Å². The van der Waals surface area contributed by atoms with Crippen molar-refractivity contribution in [3.8, 4) is 0 Å². The number of anilines is 2. The zero-order chi connectivity index (χ0) is 18.9. The Morgan fingerprint density at radius 2 is 1.85 bits per heavy atom. The second kappa shape index (κ2) is 6.78. The van der Waals surface area contributed by atoms with E-state index in [1.165, 1.54) is 12.0 Å². The molecule has 136 valence electrons. The lowest BCUT2D eigenvalue weighted by molar-refractivity contribution is 0.0591. The first-order chi connectivity index (χ1) is 12.3. The normalized spacial score (nSPS) is 13.3. The summed E-state index contributed by atoms with van der Waals surface area (Å²) in [5, 5.41) is 0. The van der Waals surface area contributed by atoms with Crippen molar-refractivity contribution in [1.29, 1.82) is 0 Å². The quantitative estimate of drug-likeness (QED) is 0.723. The van der Waals surface area contributed by atoms with Gasteiger partial charge in [0, 0.05) is 6.20 Å². The van der Waals surface area contributed by atoms with Crippen LogP contribution in [-0.4, -0.2) is 29.8 Å². The maximum Gasteiger partial charge on any atom is 0.420 e. The van der Waals surface area contributed by atoms with Crippen LogP contribution in [-0.2, 0) is 22.3 Å². The van der Waals surface area contributed by atoms with E-state index in [2.05, 4.69) is 4.98 Å². The van der Waals surface area contributed by atoms with Crippen molar-refractivity contribution in [3.63, 3.8) is 0 Å². The second-order valence-corrected chi connectivity index (χ2v) is 7.14. The number of carbonyl (C=O) groups excluding carboxylic acids is 2. The molecule has 3 rings (SSSR count). The molecular formula is C20H22N2O4. The van der Waals surface area contributed by atoms with E-state index in [9.17, 15) is 9.59 Å². The largest absolute Gasteiger partial charge is 0.465 e. The van der Waals surface area contributed by atoms with Gasteiger partial charge in [0.1, 0.15) is 11.4 Å². The van der Waals surface area contributed by atoms with Crippen LogP contribution in [0.15, 0.2) is 36.5 Å². The summed E-state index contributed by atoms with van der Waals surface area (Å²) >= 11 is 0. The number of aromatic nitrogens is 1. The first-order valence-electron chi connectivity index (χ1n) is 8.48. The highest BCUT2D eigenvalue weighted by Gasteiger charge is 2.31. The van der Waals surface area contributed by atoms with Gasteiger partial charge in [0.15, 0.2) is 0 Å². The Morgan fingerprint density at radius 1 is 1.12 bits per heavy atom. The molecule has 0 unspecified atom stereocenters. The van der Waals surface area contributed by atoms with Crippen molar-refractivity contribution < 1.29 is 19.1 Å². The monoisotopic (exact) mass is 354 g/mol. The number of fused-ring (bicyclic) bond motifs is 2. The zero-order valence-corrected chi connectivity index (χ0v) is 15.4. The van der Waals surface area contributed by atoms with Gasteiger partial charge in [0.25, 0.3) is 0 Å². The second-order valence-electron chi connectivity index (χ2n) is 7.14. The minimum Gasteiger partial charge on any atom is -0.465 e. The third-order valence-corrected chi connectivity index (χ3v) is 4.06. The van der Waals surface area contributed by atoms with Crippen LogP contribution in [0, 0.1) is 0 Å². The molecule has 0 fully saturated rings. The van der Waals surface area contributed by atoms with Gasteiger partial charge in [-0.15, -0.1) is 0 Å². The van der Waals surface area contributed by atoms with Crippen molar-refractivity contribution in [2.75, 3.05) is 12.0 Å². The summed E-state index contributed by atoms with van der Waals surface area (Å²) in [4.78, 5) is 30.7. The molecule has 0 bridgehead atoms. The summed E-state index contributed by atoms with van der Waals surface area (Å²) in [5.74, 6) is 0.155. The van der Waals surface area contributed by atoms with Crippen LogP contribution in [0.3, 0.4) is 0 Å². The first-order valence-corrected chi connectivity index (χ1v) is 8.48. The highest BCUT2D eigenvalue weighted by atomic mass is 16.6. The van der Waals surface area contributed by atoms with E-state index in [1.807, 2.05) is 32.9 Å². The summed E-state index contributed by atoms with van der Waals surface area (Å²) in [7, 11) is 1.35. The molecule has 1 aromatic heterocycles. The van der Waals surface area contributed by atoms with E-state index in [-0.39, 0.29) is 0 Å². The fraction of sp³-hybridized carbons (Fsp3) is 0.350. The predicted molar refractivity (Wildman–Crippen MR) is 97.8 cm³/mol. The Kier molecular flexibility index (Phi) is 4.68. The highest BCUT2D eigenvalue weighted by Crippen LogP contribution is 2.36. The van der Waals surface area contributed by atoms with Gasteiger partial charge in [0.05, 0.1) is 18.4 Å². The molecule has 2 heterocycles. The van der Waals surface area contributed by atoms with Gasteiger partial charge in [-0.05, 0) is 69.0 Å². The van der Waals surface area contributed by atoms with Crippen molar-refractivity contribution in [3.05, 3.63) is 53.2 Å². The number of hydrogen-bond donors (Lipinski definition) is 0. The minimum atomic E-state index is -0.634. The predicted octanol–water partition coefficient (Wildman–Crippen LogP) is 4.04. The van der Waals surface area contributed by atoms with E-state index < -0.39 is 17.7 Å². The van der Waals surface area contributed by atoms with Crippen molar-refractivity contribution in [1.82, 2.24) is 4.98 Å². The molecule has 1 aliphatic rings. The van der Waals surface area contributed by atoms with Crippen LogP contribution in [0.2, 0.25) is 0 Å². The van der Waals surface area contributed by atoms with Gasteiger partial charge in [-0.3, -0.25) is 0 Å². The lowest BCUT2D eigenvalue weighted by Crippen LogP contribution is -2.34. The molecule has 6 heteroatoms. The summed E-state index contributed by atoms with van der Waals surface area (Å²) in [6.45, 7) is 5.47. The number of pyridine rings is 1.